The SMILES string of the molecule is CC1CN(C(=O)NCc2cn(CC(=O)O)nn2)CCO1. The number of hydrogen-bond donors (Lipinski definition) is 2. The van der Waals surface area contributed by atoms with Gasteiger partial charge in [0.15, 0.2) is 0 Å². The molecule has 2 rings (SSSR count). The number of morpholine rings is 1. The Labute approximate surface area is 115 Å². The Kier molecular flexibility index (Phi) is 4.51. The van der Waals surface area contributed by atoms with Crippen LogP contribution in [0.4, 0.5) is 4.79 Å². The van der Waals surface area contributed by atoms with Gasteiger partial charge >= 0.3 is 12.0 Å². The van der Waals surface area contributed by atoms with E-state index in [1.54, 1.807) is 4.90 Å². The van der Waals surface area contributed by atoms with Crippen molar-refractivity contribution < 1.29 is 19.4 Å². The van der Waals surface area contributed by atoms with Crippen molar-refractivity contribution in [1.29, 1.82) is 0 Å². The minimum absolute atomic E-state index is 0.0333. The fourth-order valence-corrected chi connectivity index (χ4v) is 1.92. The first-order chi connectivity index (χ1) is 9.54. The van der Waals surface area contributed by atoms with Gasteiger partial charge in [-0.15, -0.1) is 5.10 Å². The highest BCUT2D eigenvalue weighted by atomic mass is 16.5. The van der Waals surface area contributed by atoms with E-state index in [0.29, 0.717) is 25.4 Å². The number of hydrogen-bond acceptors (Lipinski definition) is 5. The summed E-state index contributed by atoms with van der Waals surface area (Å²) in [6, 6.07) is -0.187. The molecule has 20 heavy (non-hydrogen) atoms. The highest BCUT2D eigenvalue weighted by Gasteiger charge is 2.21. The molecule has 1 aliphatic heterocycles. The maximum Gasteiger partial charge on any atom is 0.325 e. The molecule has 1 unspecified atom stereocenters. The van der Waals surface area contributed by atoms with Gasteiger partial charge in [-0.3, -0.25) is 4.79 Å². The molecule has 1 aromatic rings. The third kappa shape index (κ3) is 3.92. The molecule has 1 aromatic heterocycles. The van der Waals surface area contributed by atoms with Gasteiger partial charge < -0.3 is 20.1 Å². The van der Waals surface area contributed by atoms with E-state index in [1.807, 2.05) is 6.92 Å². The monoisotopic (exact) mass is 283 g/mol. The zero-order valence-corrected chi connectivity index (χ0v) is 11.2. The number of carboxylic acid groups (broad SMARTS) is 1. The van der Waals surface area contributed by atoms with E-state index in [2.05, 4.69) is 15.6 Å². The van der Waals surface area contributed by atoms with Gasteiger partial charge in [0.2, 0.25) is 0 Å². The van der Waals surface area contributed by atoms with Gasteiger partial charge in [0, 0.05) is 13.1 Å². The average molecular weight is 283 g/mol. The molecule has 9 nitrogen and oxygen atoms in total. The summed E-state index contributed by atoms with van der Waals surface area (Å²) < 4.78 is 6.57. The second-order valence-electron chi connectivity index (χ2n) is 4.59. The van der Waals surface area contributed by atoms with Crippen LogP contribution < -0.4 is 5.32 Å². The lowest BCUT2D eigenvalue weighted by Crippen LogP contribution is -2.48. The molecule has 2 N–H and O–H groups in total. The van der Waals surface area contributed by atoms with Gasteiger partial charge in [0.1, 0.15) is 12.2 Å². The minimum atomic E-state index is -0.993. The Bertz CT molecular complexity index is 489. The lowest BCUT2D eigenvalue weighted by Gasteiger charge is -2.31. The Morgan fingerprint density at radius 3 is 3.10 bits per heavy atom. The van der Waals surface area contributed by atoms with Crippen LogP contribution in [0.3, 0.4) is 0 Å². The Balaban J connectivity index is 1.80. The molecule has 0 saturated carbocycles. The highest BCUT2D eigenvalue weighted by Crippen LogP contribution is 2.04. The van der Waals surface area contributed by atoms with Crippen LogP contribution in [-0.2, 0) is 22.6 Å². The molecular weight excluding hydrogens is 266 g/mol. The lowest BCUT2D eigenvalue weighted by atomic mass is 10.3. The maximum absolute atomic E-state index is 11.9. The Morgan fingerprint density at radius 2 is 2.40 bits per heavy atom. The molecule has 1 fully saturated rings. The van der Waals surface area contributed by atoms with Crippen molar-refractivity contribution in [3.05, 3.63) is 11.9 Å². The average Bonchev–Trinajstić information content (AvgIpc) is 2.82. The van der Waals surface area contributed by atoms with Crippen LogP contribution in [0.1, 0.15) is 12.6 Å². The maximum atomic E-state index is 11.9. The van der Waals surface area contributed by atoms with Crippen molar-refractivity contribution in [3.63, 3.8) is 0 Å². The van der Waals surface area contributed by atoms with Gasteiger partial charge in [-0.25, -0.2) is 9.48 Å². The highest BCUT2D eigenvalue weighted by molar-refractivity contribution is 5.74. The van der Waals surface area contributed by atoms with Crippen molar-refractivity contribution in [1.82, 2.24) is 25.2 Å². The molecule has 1 saturated heterocycles. The fourth-order valence-electron chi connectivity index (χ4n) is 1.92. The topological polar surface area (TPSA) is 110 Å². The first kappa shape index (κ1) is 14.3. The molecule has 0 aromatic carbocycles. The quantitative estimate of drug-likeness (QED) is 0.755. The molecule has 0 radical (unpaired) electrons. The summed E-state index contributed by atoms with van der Waals surface area (Å²) >= 11 is 0. The van der Waals surface area contributed by atoms with Gasteiger partial charge in [0.25, 0.3) is 0 Å². The van der Waals surface area contributed by atoms with E-state index >= 15 is 0 Å². The molecule has 0 aliphatic carbocycles. The second kappa shape index (κ2) is 6.33. The van der Waals surface area contributed by atoms with Gasteiger partial charge in [-0.05, 0) is 6.92 Å². The molecule has 2 heterocycles. The molecule has 110 valence electrons. The van der Waals surface area contributed by atoms with Crippen molar-refractivity contribution in [3.8, 4) is 0 Å². The molecular formula is C11H17N5O4. The molecule has 2 amide bonds. The summed E-state index contributed by atoms with van der Waals surface area (Å²) in [5, 5.41) is 18.8. The van der Waals surface area contributed by atoms with Crippen LogP contribution in [0.2, 0.25) is 0 Å². The van der Waals surface area contributed by atoms with E-state index in [-0.39, 0.29) is 25.2 Å². The summed E-state index contributed by atoms with van der Waals surface area (Å²) in [4.78, 5) is 24.1. The third-order valence-corrected chi connectivity index (χ3v) is 2.83. The number of urea groups is 1. The number of nitrogens with zero attached hydrogens (tertiary/aromatic N) is 4. The summed E-state index contributed by atoms with van der Waals surface area (Å²) in [7, 11) is 0. The van der Waals surface area contributed by atoms with Crippen LogP contribution in [0.5, 0.6) is 0 Å². The van der Waals surface area contributed by atoms with E-state index in [9.17, 15) is 9.59 Å². The summed E-state index contributed by atoms with van der Waals surface area (Å²) in [6.45, 7) is 3.52. The molecule has 0 spiro atoms. The van der Waals surface area contributed by atoms with Gasteiger partial charge in [0.05, 0.1) is 25.5 Å². The summed E-state index contributed by atoms with van der Waals surface area (Å²) in [6.07, 6.45) is 1.53. The van der Waals surface area contributed by atoms with E-state index in [1.165, 1.54) is 10.9 Å². The van der Waals surface area contributed by atoms with Crippen LogP contribution >= 0.6 is 0 Å². The van der Waals surface area contributed by atoms with Crippen molar-refractivity contribution in [2.24, 2.45) is 0 Å². The second-order valence-corrected chi connectivity index (χ2v) is 4.59. The zero-order valence-electron chi connectivity index (χ0n) is 11.2. The lowest BCUT2D eigenvalue weighted by molar-refractivity contribution is -0.137. The van der Waals surface area contributed by atoms with Crippen LogP contribution in [-0.4, -0.2) is 62.8 Å². The number of carbonyl (C=O) groups is 2. The van der Waals surface area contributed by atoms with Crippen LogP contribution in [0, 0.1) is 0 Å². The van der Waals surface area contributed by atoms with Crippen LogP contribution in [0.25, 0.3) is 0 Å². The first-order valence-electron chi connectivity index (χ1n) is 6.30. The van der Waals surface area contributed by atoms with Crippen molar-refractivity contribution >= 4 is 12.0 Å². The van der Waals surface area contributed by atoms with Crippen molar-refractivity contribution in [2.45, 2.75) is 26.1 Å². The standard InChI is InChI=1S/C11H17N5O4/c1-8-5-15(2-3-20-8)11(19)12-4-9-6-16(14-13-9)7-10(17)18/h6,8H,2-5,7H2,1H3,(H,12,19)(H,17,18). The number of rotatable bonds is 4. The van der Waals surface area contributed by atoms with Gasteiger partial charge in [-0.1, -0.05) is 5.21 Å². The predicted molar refractivity (Wildman–Crippen MR) is 66.9 cm³/mol. The number of ether oxygens (including phenoxy) is 1. The smallest absolute Gasteiger partial charge is 0.325 e. The third-order valence-electron chi connectivity index (χ3n) is 2.83. The zero-order chi connectivity index (χ0) is 14.5. The molecule has 1 atom stereocenters. The molecule has 1 aliphatic rings. The predicted octanol–water partition coefficient (Wildman–Crippen LogP) is -0.707. The number of aliphatic carboxylic acids is 1. The fraction of sp³-hybridized carbons (Fsp3) is 0.636. The summed E-state index contributed by atoms with van der Waals surface area (Å²) in [5.74, 6) is -0.993. The Hall–Kier alpha value is -2.16. The number of carboxylic acids is 1. The number of carbonyl (C=O) groups excluding carboxylic acids is 1. The van der Waals surface area contributed by atoms with E-state index in [4.69, 9.17) is 9.84 Å². The number of aromatic nitrogens is 3. The largest absolute Gasteiger partial charge is 0.480 e. The molecule has 0 bridgehead atoms. The number of nitrogens with one attached hydrogen (secondary N) is 1. The van der Waals surface area contributed by atoms with E-state index < -0.39 is 5.97 Å². The molecule has 9 heteroatoms. The number of amides is 2. The normalized spacial score (nSPS) is 18.9. The van der Waals surface area contributed by atoms with Crippen LogP contribution in [0.15, 0.2) is 6.20 Å². The summed E-state index contributed by atoms with van der Waals surface area (Å²) in [5.41, 5.74) is 0.515. The Morgan fingerprint density at radius 1 is 1.60 bits per heavy atom. The minimum Gasteiger partial charge on any atom is -0.480 e. The van der Waals surface area contributed by atoms with Gasteiger partial charge in [-0.2, -0.15) is 0 Å². The van der Waals surface area contributed by atoms with Crippen molar-refractivity contribution in [2.75, 3.05) is 19.7 Å². The first-order valence-corrected chi connectivity index (χ1v) is 6.30. The van der Waals surface area contributed by atoms with E-state index in [0.717, 1.165) is 0 Å².